The maximum absolute atomic E-state index is 10.4. The van der Waals surface area contributed by atoms with Crippen molar-refractivity contribution in [1.82, 2.24) is 15.5 Å². The average molecular weight is 417 g/mol. The molecule has 0 radical (unpaired) electrons. The van der Waals surface area contributed by atoms with Crippen LogP contribution in [-0.2, 0) is 4.74 Å². The van der Waals surface area contributed by atoms with E-state index in [2.05, 4.69) is 20.5 Å². The summed E-state index contributed by atoms with van der Waals surface area (Å²) >= 11 is 12.0. The lowest BCUT2D eigenvalue weighted by molar-refractivity contribution is 0.141. The fraction of sp³-hybridized carbons (Fsp3) is 0.632. The average Bonchev–Trinajstić information content (AvgIpc) is 3.08. The van der Waals surface area contributed by atoms with E-state index in [4.69, 9.17) is 27.9 Å². The number of rotatable bonds is 9. The van der Waals surface area contributed by atoms with E-state index in [-0.39, 0.29) is 6.54 Å². The summed E-state index contributed by atoms with van der Waals surface area (Å²) in [7, 11) is 1.73. The highest BCUT2D eigenvalue weighted by atomic mass is 35.5. The molecule has 1 aliphatic rings. The molecule has 1 aromatic rings. The monoisotopic (exact) mass is 416 g/mol. The van der Waals surface area contributed by atoms with Crippen molar-refractivity contribution in [3.63, 3.8) is 0 Å². The van der Waals surface area contributed by atoms with Crippen LogP contribution in [0.2, 0.25) is 10.0 Å². The van der Waals surface area contributed by atoms with Crippen LogP contribution >= 0.6 is 23.2 Å². The summed E-state index contributed by atoms with van der Waals surface area (Å²) in [6.07, 6.45) is 1.61. The minimum atomic E-state index is -0.763. The van der Waals surface area contributed by atoms with E-state index in [0.29, 0.717) is 27.6 Å². The number of benzene rings is 1. The smallest absolute Gasteiger partial charge is 0.191 e. The number of likely N-dealkylation sites (tertiary alicyclic amines) is 1. The summed E-state index contributed by atoms with van der Waals surface area (Å²) in [6.45, 7) is 6.62. The summed E-state index contributed by atoms with van der Waals surface area (Å²) in [6, 6.07) is 5.53. The van der Waals surface area contributed by atoms with E-state index in [1.165, 1.54) is 12.8 Å². The Morgan fingerprint density at radius 2 is 2.07 bits per heavy atom. The SMILES string of the molecule is CCNC(=NCC(O)c1cc(Cl)cc(Cl)c1)NCC1CCCN1CCOC. The van der Waals surface area contributed by atoms with Gasteiger partial charge in [-0.05, 0) is 50.1 Å². The van der Waals surface area contributed by atoms with Gasteiger partial charge in [0.15, 0.2) is 5.96 Å². The van der Waals surface area contributed by atoms with Crippen LogP contribution < -0.4 is 10.6 Å². The van der Waals surface area contributed by atoms with Gasteiger partial charge in [0.25, 0.3) is 0 Å². The highest BCUT2D eigenvalue weighted by molar-refractivity contribution is 6.34. The topological polar surface area (TPSA) is 69.1 Å². The predicted molar refractivity (Wildman–Crippen MR) is 112 cm³/mol. The van der Waals surface area contributed by atoms with Crippen molar-refractivity contribution in [1.29, 1.82) is 0 Å². The Hall–Kier alpha value is -1.05. The molecule has 0 saturated carbocycles. The van der Waals surface area contributed by atoms with Crippen LogP contribution in [0.1, 0.15) is 31.4 Å². The molecule has 27 heavy (non-hydrogen) atoms. The first-order valence-electron chi connectivity index (χ1n) is 9.42. The van der Waals surface area contributed by atoms with Crippen molar-refractivity contribution in [3.8, 4) is 0 Å². The third-order valence-electron chi connectivity index (χ3n) is 4.62. The molecular formula is C19H30Cl2N4O2. The van der Waals surface area contributed by atoms with Crippen molar-refractivity contribution in [2.45, 2.75) is 31.9 Å². The number of aliphatic imine (C=N–C) groups is 1. The molecule has 8 heteroatoms. The normalized spacial score (nSPS) is 19.3. The van der Waals surface area contributed by atoms with Gasteiger partial charge in [-0.25, -0.2) is 0 Å². The van der Waals surface area contributed by atoms with Gasteiger partial charge in [-0.1, -0.05) is 23.2 Å². The molecule has 0 bridgehead atoms. The van der Waals surface area contributed by atoms with Gasteiger partial charge in [-0.15, -0.1) is 0 Å². The Bertz CT molecular complexity index is 595. The largest absolute Gasteiger partial charge is 0.386 e. The molecule has 0 amide bonds. The molecule has 0 aromatic heterocycles. The summed E-state index contributed by atoms with van der Waals surface area (Å²) in [4.78, 5) is 6.96. The molecule has 6 nitrogen and oxygen atoms in total. The van der Waals surface area contributed by atoms with E-state index in [1.54, 1.807) is 25.3 Å². The van der Waals surface area contributed by atoms with Crippen LogP contribution in [-0.4, -0.2) is 68.4 Å². The summed E-state index contributed by atoms with van der Waals surface area (Å²) in [5, 5.41) is 18.0. The summed E-state index contributed by atoms with van der Waals surface area (Å²) < 4.78 is 5.20. The van der Waals surface area contributed by atoms with Crippen molar-refractivity contribution in [2.75, 3.05) is 46.4 Å². The Kier molecular flexibility index (Phi) is 9.65. The van der Waals surface area contributed by atoms with Crippen molar-refractivity contribution < 1.29 is 9.84 Å². The number of aliphatic hydroxyl groups excluding tert-OH is 1. The van der Waals surface area contributed by atoms with E-state index < -0.39 is 6.10 Å². The number of nitrogens with zero attached hydrogens (tertiary/aromatic N) is 2. The molecule has 1 saturated heterocycles. The number of hydrogen-bond donors (Lipinski definition) is 3. The highest BCUT2D eigenvalue weighted by Gasteiger charge is 2.24. The molecule has 3 N–H and O–H groups in total. The zero-order valence-electron chi connectivity index (χ0n) is 16.0. The lowest BCUT2D eigenvalue weighted by Gasteiger charge is -2.25. The number of hydrogen-bond acceptors (Lipinski definition) is 4. The predicted octanol–water partition coefficient (Wildman–Crippen LogP) is 2.69. The fourth-order valence-corrected chi connectivity index (χ4v) is 3.78. The van der Waals surface area contributed by atoms with Gasteiger partial charge in [-0.2, -0.15) is 0 Å². The third kappa shape index (κ3) is 7.47. The number of ether oxygens (including phenoxy) is 1. The molecule has 1 aromatic carbocycles. The number of guanidine groups is 1. The third-order valence-corrected chi connectivity index (χ3v) is 5.06. The second-order valence-electron chi connectivity index (χ2n) is 6.64. The minimum absolute atomic E-state index is 0.226. The lowest BCUT2D eigenvalue weighted by Crippen LogP contribution is -2.45. The molecule has 152 valence electrons. The van der Waals surface area contributed by atoms with E-state index >= 15 is 0 Å². The minimum Gasteiger partial charge on any atom is -0.386 e. The maximum atomic E-state index is 10.4. The molecule has 1 aliphatic heterocycles. The molecule has 0 spiro atoms. The Labute approximate surface area is 171 Å². The molecule has 2 atom stereocenters. The number of aliphatic hydroxyl groups is 1. The zero-order chi connectivity index (χ0) is 19.6. The van der Waals surface area contributed by atoms with Gasteiger partial charge >= 0.3 is 0 Å². The number of methoxy groups -OCH3 is 1. The first-order valence-corrected chi connectivity index (χ1v) is 10.2. The zero-order valence-corrected chi connectivity index (χ0v) is 17.6. The fourth-order valence-electron chi connectivity index (χ4n) is 3.24. The van der Waals surface area contributed by atoms with Crippen molar-refractivity contribution >= 4 is 29.2 Å². The number of nitrogens with one attached hydrogen (secondary N) is 2. The molecule has 1 fully saturated rings. The molecule has 2 rings (SSSR count). The van der Waals surface area contributed by atoms with Gasteiger partial charge < -0.3 is 20.5 Å². The van der Waals surface area contributed by atoms with Crippen LogP contribution in [0.5, 0.6) is 0 Å². The van der Waals surface area contributed by atoms with E-state index in [1.807, 2.05) is 6.92 Å². The van der Waals surface area contributed by atoms with Crippen LogP contribution in [0, 0.1) is 0 Å². The van der Waals surface area contributed by atoms with Crippen molar-refractivity contribution in [3.05, 3.63) is 33.8 Å². The van der Waals surface area contributed by atoms with Gasteiger partial charge in [0.05, 0.1) is 19.3 Å². The van der Waals surface area contributed by atoms with Crippen LogP contribution in [0.3, 0.4) is 0 Å². The lowest BCUT2D eigenvalue weighted by atomic mass is 10.1. The molecular weight excluding hydrogens is 387 g/mol. The van der Waals surface area contributed by atoms with Gasteiger partial charge in [-0.3, -0.25) is 9.89 Å². The Balaban J connectivity index is 1.91. The van der Waals surface area contributed by atoms with Crippen LogP contribution in [0.4, 0.5) is 0 Å². The van der Waals surface area contributed by atoms with Gasteiger partial charge in [0.2, 0.25) is 0 Å². The second kappa shape index (κ2) is 11.7. The summed E-state index contributed by atoms with van der Waals surface area (Å²) in [5.74, 6) is 0.697. The van der Waals surface area contributed by atoms with Gasteiger partial charge in [0.1, 0.15) is 0 Å². The Morgan fingerprint density at radius 1 is 1.33 bits per heavy atom. The first-order chi connectivity index (χ1) is 13.0. The van der Waals surface area contributed by atoms with Crippen LogP contribution in [0.25, 0.3) is 0 Å². The summed E-state index contributed by atoms with van der Waals surface area (Å²) in [5.41, 5.74) is 0.661. The molecule has 1 heterocycles. The second-order valence-corrected chi connectivity index (χ2v) is 7.52. The standard InChI is InChI=1S/C19H30Cl2N4O2/c1-3-22-19(23-12-17-5-4-6-25(17)7-8-27-2)24-13-18(26)14-9-15(20)11-16(21)10-14/h9-11,17-18,26H,3-8,12-13H2,1-2H3,(H2,22,23,24). The van der Waals surface area contributed by atoms with Crippen LogP contribution in [0.15, 0.2) is 23.2 Å². The van der Waals surface area contributed by atoms with E-state index in [0.717, 1.165) is 32.8 Å². The quantitative estimate of drug-likeness (QED) is 0.426. The van der Waals surface area contributed by atoms with Gasteiger partial charge in [0, 0.05) is 42.8 Å². The Morgan fingerprint density at radius 3 is 2.74 bits per heavy atom. The van der Waals surface area contributed by atoms with E-state index in [9.17, 15) is 5.11 Å². The highest BCUT2D eigenvalue weighted by Crippen LogP contribution is 2.23. The molecule has 2 unspecified atom stereocenters. The number of halogens is 2. The van der Waals surface area contributed by atoms with Crippen molar-refractivity contribution in [2.24, 2.45) is 4.99 Å². The first kappa shape index (κ1) is 22.2. The maximum Gasteiger partial charge on any atom is 0.191 e. The molecule has 0 aliphatic carbocycles.